The minimum absolute atomic E-state index is 0.136. The van der Waals surface area contributed by atoms with Gasteiger partial charge < -0.3 is 5.73 Å². The molecule has 0 unspecified atom stereocenters. The molecule has 0 amide bonds. The minimum Gasteiger partial charge on any atom is -0.327 e. The maximum absolute atomic E-state index is 10.9. The van der Waals surface area contributed by atoms with Crippen molar-refractivity contribution in [3.05, 3.63) is 27.7 Å². The summed E-state index contributed by atoms with van der Waals surface area (Å²) < 4.78 is 0. The highest BCUT2D eigenvalue weighted by atomic mass is 16.1. The number of H-pyrrole nitrogens is 1. The summed E-state index contributed by atoms with van der Waals surface area (Å²) in [7, 11) is 0. The second-order valence-corrected chi connectivity index (χ2v) is 3.21. The molecule has 0 aliphatic heterocycles. The van der Waals surface area contributed by atoms with E-state index in [0.717, 1.165) is 30.5 Å². The summed E-state index contributed by atoms with van der Waals surface area (Å²) in [6.07, 6.45) is 2.63. The van der Waals surface area contributed by atoms with E-state index in [1.807, 2.05) is 0 Å². The molecule has 2 rings (SSSR count). The van der Waals surface area contributed by atoms with Crippen LogP contribution in [0.25, 0.3) is 0 Å². The predicted octanol–water partition coefficient (Wildman–Crippen LogP) is -0.414. The van der Waals surface area contributed by atoms with Gasteiger partial charge in [-0.05, 0) is 24.8 Å². The molecule has 64 valence electrons. The second kappa shape index (κ2) is 2.71. The summed E-state index contributed by atoms with van der Waals surface area (Å²) >= 11 is 0. The van der Waals surface area contributed by atoms with Crippen molar-refractivity contribution in [3.8, 4) is 0 Å². The summed E-state index contributed by atoms with van der Waals surface area (Å²) in [5.74, 6) is 0. The van der Waals surface area contributed by atoms with E-state index in [0.29, 0.717) is 0 Å². The molecule has 0 radical (unpaired) electrons. The number of hydrogen-bond donors (Lipinski definition) is 2. The summed E-state index contributed by atoms with van der Waals surface area (Å²) in [5, 5.41) is 6.39. The van der Waals surface area contributed by atoms with Crippen LogP contribution >= 0.6 is 0 Å². The van der Waals surface area contributed by atoms with E-state index < -0.39 is 0 Å². The first-order valence-corrected chi connectivity index (χ1v) is 4.09. The normalized spacial score (nSPS) is 21.9. The summed E-state index contributed by atoms with van der Waals surface area (Å²) in [6, 6.07) is 1.79. The highest BCUT2D eigenvalue weighted by Gasteiger charge is 2.16. The first-order valence-electron chi connectivity index (χ1n) is 4.09. The van der Waals surface area contributed by atoms with Crippen LogP contribution in [0.3, 0.4) is 0 Å². The third-order valence-electron chi connectivity index (χ3n) is 2.21. The van der Waals surface area contributed by atoms with Crippen LogP contribution in [0, 0.1) is 0 Å². The molecule has 12 heavy (non-hydrogen) atoms. The van der Waals surface area contributed by atoms with Gasteiger partial charge in [0.1, 0.15) is 0 Å². The lowest BCUT2D eigenvalue weighted by atomic mass is 9.93. The fraction of sp³-hybridized carbons (Fsp3) is 0.500. The molecule has 1 aromatic heterocycles. The zero-order valence-electron chi connectivity index (χ0n) is 6.71. The van der Waals surface area contributed by atoms with E-state index in [4.69, 9.17) is 5.73 Å². The number of aryl methyl sites for hydroxylation is 1. The molecule has 1 heterocycles. The van der Waals surface area contributed by atoms with Crippen molar-refractivity contribution in [1.82, 2.24) is 10.2 Å². The number of rotatable bonds is 0. The number of nitrogens with zero attached hydrogens (tertiary/aromatic N) is 1. The van der Waals surface area contributed by atoms with Crippen LogP contribution in [0.2, 0.25) is 0 Å². The Morgan fingerprint density at radius 3 is 3.33 bits per heavy atom. The van der Waals surface area contributed by atoms with Crippen molar-refractivity contribution in [2.24, 2.45) is 5.73 Å². The maximum atomic E-state index is 10.9. The molecular formula is C8H11N3O. The molecule has 1 aliphatic rings. The molecule has 0 bridgehead atoms. The third-order valence-corrected chi connectivity index (χ3v) is 2.21. The third kappa shape index (κ3) is 1.25. The maximum Gasteiger partial charge on any atom is 0.264 e. The van der Waals surface area contributed by atoms with E-state index in [2.05, 4.69) is 10.2 Å². The van der Waals surface area contributed by atoms with Gasteiger partial charge in [0.2, 0.25) is 0 Å². The first kappa shape index (κ1) is 7.49. The Labute approximate surface area is 69.8 Å². The molecule has 0 spiro atoms. The standard InChI is InChI=1S/C8H11N3O/c9-6-1-2-7-5(3-6)4-8(12)11-10-7/h4,6H,1-3,9H2,(H,11,12)/t6-/m0/s1. The van der Waals surface area contributed by atoms with Gasteiger partial charge in [0, 0.05) is 12.1 Å². The van der Waals surface area contributed by atoms with Crippen LogP contribution in [0.5, 0.6) is 0 Å². The Kier molecular flexibility index (Phi) is 1.69. The fourth-order valence-corrected chi connectivity index (χ4v) is 1.57. The number of fused-ring (bicyclic) bond motifs is 1. The van der Waals surface area contributed by atoms with Gasteiger partial charge in [-0.25, -0.2) is 5.10 Å². The SMILES string of the molecule is N[C@H]1CCc2n[nH]c(=O)cc2C1. The Morgan fingerprint density at radius 1 is 1.67 bits per heavy atom. The fourth-order valence-electron chi connectivity index (χ4n) is 1.57. The smallest absolute Gasteiger partial charge is 0.264 e. The molecule has 4 nitrogen and oxygen atoms in total. The highest BCUT2D eigenvalue weighted by Crippen LogP contribution is 2.15. The molecule has 0 saturated heterocycles. The van der Waals surface area contributed by atoms with Gasteiger partial charge in [0.05, 0.1) is 5.69 Å². The van der Waals surface area contributed by atoms with Crippen molar-refractivity contribution in [3.63, 3.8) is 0 Å². The van der Waals surface area contributed by atoms with Crippen LogP contribution in [0.15, 0.2) is 10.9 Å². The number of nitrogens with one attached hydrogen (secondary N) is 1. The van der Waals surface area contributed by atoms with Gasteiger partial charge in [-0.3, -0.25) is 4.79 Å². The lowest BCUT2D eigenvalue weighted by Gasteiger charge is -2.18. The second-order valence-electron chi connectivity index (χ2n) is 3.21. The largest absolute Gasteiger partial charge is 0.327 e. The van der Waals surface area contributed by atoms with E-state index in [1.54, 1.807) is 6.07 Å². The topological polar surface area (TPSA) is 71.8 Å². The van der Waals surface area contributed by atoms with Crippen molar-refractivity contribution < 1.29 is 0 Å². The lowest BCUT2D eigenvalue weighted by Crippen LogP contribution is -2.30. The number of aromatic nitrogens is 2. The molecule has 0 aromatic carbocycles. The van der Waals surface area contributed by atoms with E-state index in [1.165, 1.54) is 0 Å². The molecule has 3 N–H and O–H groups in total. The average molecular weight is 165 g/mol. The van der Waals surface area contributed by atoms with Crippen molar-refractivity contribution in [1.29, 1.82) is 0 Å². The van der Waals surface area contributed by atoms with Gasteiger partial charge in [0.25, 0.3) is 5.56 Å². The summed E-state index contributed by atoms with van der Waals surface area (Å²) in [5.41, 5.74) is 7.63. The summed E-state index contributed by atoms with van der Waals surface area (Å²) in [4.78, 5) is 10.9. The molecular weight excluding hydrogens is 154 g/mol. The van der Waals surface area contributed by atoms with E-state index in [9.17, 15) is 4.79 Å². The number of aromatic amines is 1. The molecule has 1 atom stereocenters. The quantitative estimate of drug-likeness (QED) is 0.548. The lowest BCUT2D eigenvalue weighted by molar-refractivity contribution is 0.559. The molecule has 1 aliphatic carbocycles. The van der Waals surface area contributed by atoms with Crippen molar-refractivity contribution in [2.75, 3.05) is 0 Å². The van der Waals surface area contributed by atoms with Crippen LogP contribution in [0.1, 0.15) is 17.7 Å². The predicted molar refractivity (Wildman–Crippen MR) is 44.9 cm³/mol. The van der Waals surface area contributed by atoms with Gasteiger partial charge in [-0.1, -0.05) is 0 Å². The Balaban J connectivity index is 2.44. The average Bonchev–Trinajstić information content (AvgIpc) is 2.03. The highest BCUT2D eigenvalue weighted by molar-refractivity contribution is 5.21. The zero-order chi connectivity index (χ0) is 8.55. The molecule has 0 fully saturated rings. The van der Waals surface area contributed by atoms with E-state index >= 15 is 0 Å². The summed E-state index contributed by atoms with van der Waals surface area (Å²) in [6.45, 7) is 0. The van der Waals surface area contributed by atoms with Gasteiger partial charge in [0.15, 0.2) is 0 Å². The van der Waals surface area contributed by atoms with Gasteiger partial charge in [-0.15, -0.1) is 0 Å². The first-order chi connectivity index (χ1) is 5.75. The molecule has 1 aromatic rings. The molecule has 4 heteroatoms. The van der Waals surface area contributed by atoms with Gasteiger partial charge in [-0.2, -0.15) is 5.10 Å². The zero-order valence-corrected chi connectivity index (χ0v) is 6.71. The van der Waals surface area contributed by atoms with Crippen molar-refractivity contribution in [2.45, 2.75) is 25.3 Å². The number of hydrogen-bond acceptors (Lipinski definition) is 3. The monoisotopic (exact) mass is 165 g/mol. The van der Waals surface area contributed by atoms with Crippen LogP contribution in [-0.4, -0.2) is 16.2 Å². The van der Waals surface area contributed by atoms with Crippen molar-refractivity contribution >= 4 is 0 Å². The van der Waals surface area contributed by atoms with Crippen LogP contribution in [-0.2, 0) is 12.8 Å². The minimum atomic E-state index is -0.136. The van der Waals surface area contributed by atoms with Crippen LogP contribution < -0.4 is 11.3 Å². The number of nitrogens with two attached hydrogens (primary N) is 1. The molecule has 0 saturated carbocycles. The van der Waals surface area contributed by atoms with E-state index in [-0.39, 0.29) is 11.6 Å². The Hall–Kier alpha value is -1.16. The Morgan fingerprint density at radius 2 is 2.50 bits per heavy atom. The van der Waals surface area contributed by atoms with Gasteiger partial charge >= 0.3 is 0 Å². The Bertz CT molecular complexity index is 344. The van der Waals surface area contributed by atoms with Crippen LogP contribution in [0.4, 0.5) is 0 Å².